The van der Waals surface area contributed by atoms with Gasteiger partial charge in [0.1, 0.15) is 4.88 Å². The molecule has 13 heavy (non-hydrogen) atoms. The van der Waals surface area contributed by atoms with Crippen LogP contribution in [0.1, 0.15) is 9.67 Å². The standard InChI is InChI=1S/C7H8O4S2/c1-10-7(8)6-5(3-4-12-6)13(9)11-2/h3-4H,1-2H3. The Hall–Kier alpha value is -0.720. The van der Waals surface area contributed by atoms with Crippen molar-refractivity contribution in [2.75, 3.05) is 14.2 Å². The number of hydrogen-bond acceptors (Lipinski definition) is 5. The van der Waals surface area contributed by atoms with E-state index < -0.39 is 17.0 Å². The molecule has 0 N–H and O–H groups in total. The van der Waals surface area contributed by atoms with Gasteiger partial charge in [0.15, 0.2) is 11.1 Å². The van der Waals surface area contributed by atoms with Crippen LogP contribution in [0.3, 0.4) is 0 Å². The van der Waals surface area contributed by atoms with Gasteiger partial charge in [-0.05, 0) is 11.4 Å². The number of ether oxygens (including phenoxy) is 1. The molecule has 4 nitrogen and oxygen atoms in total. The van der Waals surface area contributed by atoms with E-state index in [-0.39, 0.29) is 0 Å². The van der Waals surface area contributed by atoms with Gasteiger partial charge in [-0.15, -0.1) is 11.3 Å². The van der Waals surface area contributed by atoms with Gasteiger partial charge in [0.05, 0.1) is 19.1 Å². The summed E-state index contributed by atoms with van der Waals surface area (Å²) in [5.74, 6) is -0.490. The smallest absolute Gasteiger partial charge is 0.349 e. The molecule has 1 aromatic heterocycles. The van der Waals surface area contributed by atoms with E-state index >= 15 is 0 Å². The van der Waals surface area contributed by atoms with E-state index in [1.54, 1.807) is 11.4 Å². The molecule has 0 spiro atoms. The predicted octanol–water partition coefficient (Wildman–Crippen LogP) is 1.20. The Morgan fingerprint density at radius 2 is 2.23 bits per heavy atom. The number of carbonyl (C=O) groups is 1. The van der Waals surface area contributed by atoms with Crippen LogP contribution in [-0.2, 0) is 20.0 Å². The van der Waals surface area contributed by atoms with Gasteiger partial charge >= 0.3 is 5.97 Å². The fourth-order valence-corrected chi connectivity index (χ4v) is 2.49. The topological polar surface area (TPSA) is 52.6 Å². The molecule has 0 radical (unpaired) electrons. The minimum absolute atomic E-state index is 0.322. The van der Waals surface area contributed by atoms with Crippen LogP contribution in [0.25, 0.3) is 0 Å². The third-order valence-electron chi connectivity index (χ3n) is 1.33. The van der Waals surface area contributed by atoms with Crippen LogP contribution in [0.2, 0.25) is 0 Å². The Kier molecular flexibility index (Phi) is 3.58. The van der Waals surface area contributed by atoms with Crippen LogP contribution < -0.4 is 0 Å². The van der Waals surface area contributed by atoms with Crippen molar-refractivity contribution < 1.29 is 17.9 Å². The van der Waals surface area contributed by atoms with Crippen molar-refractivity contribution in [3.05, 3.63) is 16.3 Å². The summed E-state index contributed by atoms with van der Waals surface area (Å²) in [5.41, 5.74) is 0. The molecule has 1 atom stereocenters. The maximum atomic E-state index is 11.2. The molecule has 0 saturated heterocycles. The summed E-state index contributed by atoms with van der Waals surface area (Å²) in [6, 6.07) is 1.58. The number of methoxy groups -OCH3 is 1. The molecular weight excluding hydrogens is 212 g/mol. The first-order chi connectivity index (χ1) is 6.20. The van der Waals surface area contributed by atoms with Crippen molar-refractivity contribution >= 4 is 28.4 Å². The number of hydrogen-bond donors (Lipinski definition) is 0. The quantitative estimate of drug-likeness (QED) is 0.718. The zero-order chi connectivity index (χ0) is 9.84. The summed E-state index contributed by atoms with van der Waals surface area (Å²) in [6.07, 6.45) is 0. The van der Waals surface area contributed by atoms with Crippen molar-refractivity contribution in [2.45, 2.75) is 4.90 Å². The second kappa shape index (κ2) is 4.50. The first-order valence-electron chi connectivity index (χ1n) is 3.32. The van der Waals surface area contributed by atoms with Crippen molar-refractivity contribution in [2.24, 2.45) is 0 Å². The molecule has 0 aliphatic rings. The molecule has 6 heteroatoms. The van der Waals surface area contributed by atoms with Crippen molar-refractivity contribution in [3.63, 3.8) is 0 Å². The highest BCUT2D eigenvalue weighted by Crippen LogP contribution is 2.21. The van der Waals surface area contributed by atoms with E-state index in [1.807, 2.05) is 0 Å². The van der Waals surface area contributed by atoms with Crippen molar-refractivity contribution in [1.29, 1.82) is 0 Å². The van der Waals surface area contributed by atoms with Crippen LogP contribution in [-0.4, -0.2) is 24.4 Å². The molecule has 0 fully saturated rings. The van der Waals surface area contributed by atoms with Crippen LogP contribution >= 0.6 is 11.3 Å². The van der Waals surface area contributed by atoms with Gasteiger partial charge in [-0.1, -0.05) is 0 Å². The number of esters is 1. The second-order valence-corrected chi connectivity index (χ2v) is 4.17. The SMILES string of the molecule is COC(=O)c1sccc1S(=O)OC. The average molecular weight is 220 g/mol. The normalized spacial score (nSPS) is 12.5. The number of carbonyl (C=O) groups excluding carboxylic acids is 1. The number of thiophene rings is 1. The Morgan fingerprint density at radius 1 is 1.54 bits per heavy atom. The lowest BCUT2D eigenvalue weighted by Gasteiger charge is -1.99. The summed E-state index contributed by atoms with van der Waals surface area (Å²) >= 11 is -0.405. The lowest BCUT2D eigenvalue weighted by molar-refractivity contribution is 0.0602. The summed E-state index contributed by atoms with van der Waals surface area (Å²) in [5, 5.41) is 1.67. The number of rotatable bonds is 3. The molecule has 0 aromatic carbocycles. The molecule has 0 amide bonds. The van der Waals surface area contributed by atoms with Gasteiger partial charge in [-0.25, -0.2) is 9.00 Å². The van der Waals surface area contributed by atoms with Gasteiger partial charge in [0.25, 0.3) is 0 Å². The third-order valence-corrected chi connectivity index (χ3v) is 3.36. The Balaban J connectivity index is 3.02. The first kappa shape index (κ1) is 10.4. The summed E-state index contributed by atoms with van der Waals surface area (Å²) < 4.78 is 20.3. The Labute approximate surface area is 82.1 Å². The fourth-order valence-electron chi connectivity index (χ4n) is 0.760. The van der Waals surface area contributed by atoms with E-state index in [9.17, 15) is 9.00 Å². The van der Waals surface area contributed by atoms with Gasteiger partial charge in [-0.2, -0.15) is 0 Å². The lowest BCUT2D eigenvalue weighted by atomic mass is 10.5. The minimum atomic E-state index is -1.58. The van der Waals surface area contributed by atoms with Crippen molar-refractivity contribution in [3.8, 4) is 0 Å². The summed E-state index contributed by atoms with van der Waals surface area (Å²) in [4.78, 5) is 11.8. The molecule has 72 valence electrons. The van der Waals surface area contributed by atoms with Gasteiger partial charge in [0, 0.05) is 0 Å². The Morgan fingerprint density at radius 3 is 2.77 bits per heavy atom. The first-order valence-corrected chi connectivity index (χ1v) is 5.28. The fraction of sp³-hybridized carbons (Fsp3) is 0.286. The van der Waals surface area contributed by atoms with Crippen LogP contribution in [0, 0.1) is 0 Å². The van der Waals surface area contributed by atoms with E-state index in [1.165, 1.54) is 25.6 Å². The van der Waals surface area contributed by atoms with E-state index in [0.717, 1.165) is 0 Å². The van der Waals surface area contributed by atoms with Gasteiger partial charge in [0.2, 0.25) is 0 Å². The van der Waals surface area contributed by atoms with Crippen molar-refractivity contribution in [1.82, 2.24) is 0 Å². The highest BCUT2D eigenvalue weighted by Gasteiger charge is 2.17. The highest BCUT2D eigenvalue weighted by molar-refractivity contribution is 7.80. The molecule has 1 unspecified atom stereocenters. The second-order valence-electron chi connectivity index (χ2n) is 2.01. The maximum absolute atomic E-state index is 11.2. The summed E-state index contributed by atoms with van der Waals surface area (Å²) in [7, 11) is 2.59. The molecule has 1 aromatic rings. The van der Waals surface area contributed by atoms with Crippen LogP contribution in [0.4, 0.5) is 0 Å². The molecule has 1 rings (SSSR count). The molecular formula is C7H8O4S2. The van der Waals surface area contributed by atoms with Gasteiger partial charge in [-0.3, -0.25) is 4.18 Å². The lowest BCUT2D eigenvalue weighted by Crippen LogP contribution is -2.03. The van der Waals surface area contributed by atoms with Crippen LogP contribution in [0.5, 0.6) is 0 Å². The maximum Gasteiger partial charge on any atom is 0.349 e. The van der Waals surface area contributed by atoms with E-state index in [4.69, 9.17) is 0 Å². The molecule has 1 heterocycles. The zero-order valence-electron chi connectivity index (χ0n) is 7.10. The van der Waals surface area contributed by atoms with Gasteiger partial charge < -0.3 is 4.74 Å². The van der Waals surface area contributed by atoms with Crippen LogP contribution in [0.15, 0.2) is 16.3 Å². The largest absolute Gasteiger partial charge is 0.465 e. The third kappa shape index (κ3) is 2.15. The Bertz CT molecular complexity index is 300. The van der Waals surface area contributed by atoms with E-state index in [2.05, 4.69) is 8.92 Å². The predicted molar refractivity (Wildman–Crippen MR) is 49.1 cm³/mol. The monoisotopic (exact) mass is 220 g/mol. The summed E-state index contributed by atoms with van der Waals surface area (Å²) in [6.45, 7) is 0. The average Bonchev–Trinajstić information content (AvgIpc) is 2.63. The minimum Gasteiger partial charge on any atom is -0.465 e. The molecule has 0 aliphatic heterocycles. The molecule has 0 aliphatic carbocycles. The highest BCUT2D eigenvalue weighted by atomic mass is 32.2. The molecule has 0 saturated carbocycles. The van der Waals surface area contributed by atoms with E-state index in [0.29, 0.717) is 9.77 Å². The zero-order valence-corrected chi connectivity index (χ0v) is 8.74. The molecule has 0 bridgehead atoms.